The van der Waals surface area contributed by atoms with Crippen LogP contribution in [0.25, 0.3) is 16.6 Å². The molecule has 0 atom stereocenters. The SMILES string of the molecule is Cc1nn(-c2cc(S(=O)(=O)CCO)ccc2OC(F)F)c2cc(Cl)ncc12. The number of hydrogen-bond donors (Lipinski definition) is 1. The largest absolute Gasteiger partial charge is 0.433 e. The molecule has 0 amide bonds. The zero-order chi connectivity index (χ0) is 19.8. The van der Waals surface area contributed by atoms with E-state index in [2.05, 4.69) is 14.8 Å². The molecule has 3 aromatic rings. The molecule has 1 aromatic carbocycles. The lowest BCUT2D eigenvalue weighted by Crippen LogP contribution is -2.12. The number of rotatable bonds is 6. The van der Waals surface area contributed by atoms with Gasteiger partial charge in [-0.1, -0.05) is 11.6 Å². The first-order valence-electron chi connectivity index (χ1n) is 7.66. The standard InChI is InChI=1S/C16H14ClF2N3O4S/c1-9-11-8-20-15(17)7-12(11)22(21-9)13-6-10(27(24,25)5-4-23)2-3-14(13)26-16(18)19/h2-3,6-8,16,23H,4-5H2,1H3. The summed E-state index contributed by atoms with van der Waals surface area (Å²) >= 11 is 5.93. The van der Waals surface area contributed by atoms with E-state index in [1.165, 1.54) is 23.0 Å². The Morgan fingerprint density at radius 3 is 2.74 bits per heavy atom. The van der Waals surface area contributed by atoms with Gasteiger partial charge < -0.3 is 9.84 Å². The molecule has 0 fully saturated rings. The fraction of sp³-hybridized carbons (Fsp3) is 0.250. The van der Waals surface area contributed by atoms with E-state index in [1.54, 1.807) is 6.92 Å². The van der Waals surface area contributed by atoms with Crippen LogP contribution in [0.1, 0.15) is 5.69 Å². The molecule has 0 aliphatic carbocycles. The van der Waals surface area contributed by atoms with Gasteiger partial charge in [0.1, 0.15) is 10.8 Å². The van der Waals surface area contributed by atoms with Gasteiger partial charge in [-0.15, -0.1) is 0 Å². The number of aliphatic hydroxyl groups is 1. The van der Waals surface area contributed by atoms with Crippen molar-refractivity contribution in [3.05, 3.63) is 41.3 Å². The van der Waals surface area contributed by atoms with Gasteiger partial charge in [0.2, 0.25) is 0 Å². The number of alkyl halides is 2. The highest BCUT2D eigenvalue weighted by molar-refractivity contribution is 7.91. The van der Waals surface area contributed by atoms with E-state index in [4.69, 9.17) is 16.7 Å². The number of pyridine rings is 1. The van der Waals surface area contributed by atoms with Crippen molar-refractivity contribution < 1.29 is 27.0 Å². The maximum absolute atomic E-state index is 12.8. The average molecular weight is 418 g/mol. The van der Waals surface area contributed by atoms with Gasteiger partial charge in [-0.3, -0.25) is 0 Å². The molecular formula is C16H14ClF2N3O4S. The summed E-state index contributed by atoms with van der Waals surface area (Å²) in [5.41, 5.74) is 0.985. The molecule has 3 rings (SSSR count). The first kappa shape index (κ1) is 19.5. The van der Waals surface area contributed by atoms with Crippen LogP contribution in [0.5, 0.6) is 5.75 Å². The molecular weight excluding hydrogens is 404 g/mol. The van der Waals surface area contributed by atoms with Crippen LogP contribution in [0, 0.1) is 6.92 Å². The van der Waals surface area contributed by atoms with Crippen molar-refractivity contribution in [1.82, 2.24) is 14.8 Å². The highest BCUT2D eigenvalue weighted by Gasteiger charge is 2.21. The normalized spacial score (nSPS) is 12.1. The molecule has 0 saturated carbocycles. The molecule has 0 saturated heterocycles. The third-order valence-corrected chi connectivity index (χ3v) is 5.71. The minimum Gasteiger partial charge on any atom is -0.433 e. The van der Waals surface area contributed by atoms with Crippen LogP contribution >= 0.6 is 11.6 Å². The summed E-state index contributed by atoms with van der Waals surface area (Å²) in [6, 6.07) is 4.91. The van der Waals surface area contributed by atoms with Gasteiger partial charge in [-0.05, 0) is 25.1 Å². The van der Waals surface area contributed by atoms with E-state index < -0.39 is 28.8 Å². The van der Waals surface area contributed by atoms with E-state index >= 15 is 0 Å². The molecule has 144 valence electrons. The lowest BCUT2D eigenvalue weighted by Gasteiger charge is -2.13. The van der Waals surface area contributed by atoms with Crippen LogP contribution in [0.4, 0.5) is 8.78 Å². The molecule has 2 aromatic heterocycles. The zero-order valence-electron chi connectivity index (χ0n) is 13.9. The third-order valence-electron chi connectivity index (χ3n) is 3.81. The van der Waals surface area contributed by atoms with Crippen LogP contribution in [0.3, 0.4) is 0 Å². The Bertz CT molecular complexity index is 1100. The molecule has 11 heteroatoms. The fourth-order valence-corrected chi connectivity index (χ4v) is 3.80. The van der Waals surface area contributed by atoms with Crippen molar-refractivity contribution in [3.8, 4) is 11.4 Å². The zero-order valence-corrected chi connectivity index (χ0v) is 15.5. The predicted molar refractivity (Wildman–Crippen MR) is 94.4 cm³/mol. The number of nitrogens with zero attached hydrogens (tertiary/aromatic N) is 3. The van der Waals surface area contributed by atoms with Gasteiger partial charge in [0.25, 0.3) is 0 Å². The van der Waals surface area contributed by atoms with E-state index in [-0.39, 0.29) is 21.5 Å². The molecule has 0 bridgehead atoms. The van der Waals surface area contributed by atoms with Crippen molar-refractivity contribution in [2.75, 3.05) is 12.4 Å². The van der Waals surface area contributed by atoms with Crippen LogP contribution in [-0.2, 0) is 9.84 Å². The number of ether oxygens (including phenoxy) is 1. The molecule has 27 heavy (non-hydrogen) atoms. The second kappa shape index (κ2) is 7.37. The van der Waals surface area contributed by atoms with Crippen LogP contribution in [0.2, 0.25) is 5.15 Å². The quantitative estimate of drug-likeness (QED) is 0.620. The number of aliphatic hydroxyl groups excluding tert-OH is 1. The van der Waals surface area contributed by atoms with Gasteiger partial charge >= 0.3 is 6.61 Å². The minimum atomic E-state index is -3.81. The maximum atomic E-state index is 12.8. The lowest BCUT2D eigenvalue weighted by atomic mass is 10.2. The number of fused-ring (bicyclic) bond motifs is 1. The molecule has 2 heterocycles. The second-order valence-corrected chi connectivity index (χ2v) is 8.07. The van der Waals surface area contributed by atoms with Crippen LogP contribution in [0.15, 0.2) is 35.4 Å². The van der Waals surface area contributed by atoms with Gasteiger partial charge in [-0.25, -0.2) is 18.1 Å². The van der Waals surface area contributed by atoms with Gasteiger partial charge in [-0.2, -0.15) is 13.9 Å². The average Bonchev–Trinajstić information content (AvgIpc) is 2.90. The van der Waals surface area contributed by atoms with Crippen molar-refractivity contribution >= 4 is 32.3 Å². The summed E-state index contributed by atoms with van der Waals surface area (Å²) in [5.74, 6) is -0.763. The Hall–Kier alpha value is -2.30. The van der Waals surface area contributed by atoms with Crippen molar-refractivity contribution in [3.63, 3.8) is 0 Å². The molecule has 0 unspecified atom stereocenters. The molecule has 7 nitrogen and oxygen atoms in total. The summed E-state index contributed by atoms with van der Waals surface area (Å²) < 4.78 is 56.0. The summed E-state index contributed by atoms with van der Waals surface area (Å²) in [6.07, 6.45) is 1.48. The predicted octanol–water partition coefficient (Wildman–Crippen LogP) is 2.75. The number of sulfone groups is 1. The smallest absolute Gasteiger partial charge is 0.387 e. The summed E-state index contributed by atoms with van der Waals surface area (Å²) in [7, 11) is -3.81. The first-order valence-corrected chi connectivity index (χ1v) is 9.69. The van der Waals surface area contributed by atoms with E-state index in [0.29, 0.717) is 16.6 Å². The lowest BCUT2D eigenvalue weighted by molar-refractivity contribution is -0.0499. The van der Waals surface area contributed by atoms with E-state index in [0.717, 1.165) is 12.1 Å². The van der Waals surface area contributed by atoms with Crippen molar-refractivity contribution in [2.45, 2.75) is 18.4 Å². The first-order chi connectivity index (χ1) is 12.7. The molecule has 0 radical (unpaired) electrons. The highest BCUT2D eigenvalue weighted by Crippen LogP contribution is 2.32. The second-order valence-electron chi connectivity index (χ2n) is 5.57. The van der Waals surface area contributed by atoms with Gasteiger partial charge in [0, 0.05) is 17.6 Å². The van der Waals surface area contributed by atoms with Crippen LogP contribution in [-0.4, -0.2) is 47.3 Å². The van der Waals surface area contributed by atoms with Crippen molar-refractivity contribution in [2.24, 2.45) is 0 Å². The number of halogens is 3. The molecule has 1 N–H and O–H groups in total. The minimum absolute atomic E-state index is 0.00492. The number of hydrogen-bond acceptors (Lipinski definition) is 6. The van der Waals surface area contributed by atoms with E-state index in [1.807, 2.05) is 0 Å². The Morgan fingerprint density at radius 2 is 2.07 bits per heavy atom. The Labute approximate surface area is 158 Å². The topological polar surface area (TPSA) is 94.3 Å². The Balaban J connectivity index is 2.28. The van der Waals surface area contributed by atoms with Gasteiger partial charge in [0.15, 0.2) is 15.6 Å². The molecule has 0 spiro atoms. The summed E-state index contributed by atoms with van der Waals surface area (Å²) in [4.78, 5) is 3.81. The summed E-state index contributed by atoms with van der Waals surface area (Å²) in [6.45, 7) is -2.00. The Kier molecular flexibility index (Phi) is 5.31. The highest BCUT2D eigenvalue weighted by atomic mass is 35.5. The third kappa shape index (κ3) is 3.87. The summed E-state index contributed by atoms with van der Waals surface area (Å²) in [5, 5.41) is 14.0. The maximum Gasteiger partial charge on any atom is 0.387 e. The van der Waals surface area contributed by atoms with Crippen molar-refractivity contribution in [1.29, 1.82) is 0 Å². The molecule has 0 aliphatic rings. The van der Waals surface area contributed by atoms with Crippen LogP contribution < -0.4 is 4.74 Å². The number of benzene rings is 1. The number of aryl methyl sites for hydroxylation is 1. The monoisotopic (exact) mass is 417 g/mol. The number of aromatic nitrogens is 3. The van der Waals surface area contributed by atoms with Gasteiger partial charge in [0.05, 0.1) is 28.5 Å². The molecule has 0 aliphatic heterocycles. The fourth-order valence-electron chi connectivity index (χ4n) is 2.61. The Morgan fingerprint density at radius 1 is 1.33 bits per heavy atom. The van der Waals surface area contributed by atoms with E-state index in [9.17, 15) is 17.2 Å².